The lowest BCUT2D eigenvalue weighted by molar-refractivity contribution is -0.137. The van der Waals surface area contributed by atoms with Crippen LogP contribution in [0.4, 0.5) is 18.9 Å². The predicted octanol–water partition coefficient (Wildman–Crippen LogP) is 5.70. The summed E-state index contributed by atoms with van der Waals surface area (Å²) in [6.45, 7) is 3.80. The second-order valence-corrected chi connectivity index (χ2v) is 6.95. The predicted molar refractivity (Wildman–Crippen MR) is 95.6 cm³/mol. The number of nitrogens with two attached hydrogens (primary N) is 1. The van der Waals surface area contributed by atoms with E-state index in [4.69, 9.17) is 26.6 Å². The van der Waals surface area contributed by atoms with Crippen molar-refractivity contribution in [3.63, 3.8) is 0 Å². The minimum Gasteiger partial charge on any atom is -0.455 e. The Bertz CT molecular complexity index is 828. The molecule has 9 heteroatoms. The summed E-state index contributed by atoms with van der Waals surface area (Å²) >= 11 is 5.93. The van der Waals surface area contributed by atoms with Crippen LogP contribution in [0.5, 0.6) is 11.5 Å². The first-order valence-corrected chi connectivity index (χ1v) is 9.30. The van der Waals surface area contributed by atoms with Gasteiger partial charge < -0.3 is 10.5 Å². The van der Waals surface area contributed by atoms with Crippen LogP contribution in [0.25, 0.3) is 0 Å². The maximum atomic E-state index is 12.7. The minimum absolute atomic E-state index is 0.0525. The molecule has 2 rings (SSSR count). The summed E-state index contributed by atoms with van der Waals surface area (Å²) in [6, 6.07) is 5.89. The normalized spacial score (nSPS) is 12.2. The van der Waals surface area contributed by atoms with Crippen LogP contribution in [-0.2, 0) is 21.7 Å². The Labute approximate surface area is 154 Å². The van der Waals surface area contributed by atoms with E-state index in [1.165, 1.54) is 6.07 Å². The zero-order valence-electron chi connectivity index (χ0n) is 14.1. The third kappa shape index (κ3) is 4.67. The van der Waals surface area contributed by atoms with Gasteiger partial charge in [0.2, 0.25) is 0 Å². The lowest BCUT2D eigenvalue weighted by atomic mass is 10.1. The van der Waals surface area contributed by atoms with E-state index in [-0.39, 0.29) is 22.7 Å². The highest BCUT2D eigenvalue weighted by atomic mass is 35.5. The molecule has 140 valence electrons. The van der Waals surface area contributed by atoms with Crippen molar-refractivity contribution < 1.29 is 27.0 Å². The molecule has 2 aromatic carbocycles. The van der Waals surface area contributed by atoms with E-state index in [0.29, 0.717) is 23.4 Å². The largest absolute Gasteiger partial charge is 0.551 e. The summed E-state index contributed by atoms with van der Waals surface area (Å²) in [5.41, 5.74) is 6.04. The number of aryl methyl sites for hydroxylation is 1. The van der Waals surface area contributed by atoms with Crippen LogP contribution in [0, 0.1) is 0 Å². The number of hydrogen-bond donors (Lipinski definition) is 1. The summed E-state index contributed by atoms with van der Waals surface area (Å²) in [5, 5.41) is 0.0755. The van der Waals surface area contributed by atoms with Gasteiger partial charge in [-0.05, 0) is 47.7 Å². The van der Waals surface area contributed by atoms with Crippen LogP contribution in [0.1, 0.15) is 25.0 Å². The average molecular weight is 407 g/mol. The van der Waals surface area contributed by atoms with Crippen LogP contribution in [0.15, 0.2) is 30.3 Å². The van der Waals surface area contributed by atoms with E-state index in [2.05, 4.69) is 0 Å². The van der Waals surface area contributed by atoms with Gasteiger partial charge in [-0.15, -0.1) is 4.52 Å². The van der Waals surface area contributed by atoms with E-state index in [0.717, 1.165) is 18.2 Å². The fourth-order valence-corrected chi connectivity index (χ4v) is 3.32. The number of ether oxygens (including phenoxy) is 1. The molecule has 0 aliphatic rings. The molecule has 0 saturated carbocycles. The molecule has 2 aromatic rings. The molecule has 4 nitrogen and oxygen atoms in total. The molecule has 0 aromatic heterocycles. The highest BCUT2D eigenvalue weighted by Crippen LogP contribution is 2.38. The topological polar surface area (TPSA) is 61.5 Å². The van der Waals surface area contributed by atoms with Gasteiger partial charge in [0.15, 0.2) is 0 Å². The van der Waals surface area contributed by atoms with Gasteiger partial charge in [-0.1, -0.05) is 18.5 Å². The van der Waals surface area contributed by atoms with Gasteiger partial charge in [-0.3, -0.25) is 0 Å². The molecule has 0 spiro atoms. The Morgan fingerprint density at radius 3 is 2.38 bits per heavy atom. The van der Waals surface area contributed by atoms with Crippen LogP contribution >= 0.6 is 19.6 Å². The van der Waals surface area contributed by atoms with Crippen molar-refractivity contribution in [3.8, 4) is 11.5 Å². The van der Waals surface area contributed by atoms with Crippen molar-refractivity contribution in [1.29, 1.82) is 0 Å². The summed E-state index contributed by atoms with van der Waals surface area (Å²) in [6.07, 6.45) is -3.95. The highest BCUT2D eigenvalue weighted by Gasteiger charge is 2.31. The van der Waals surface area contributed by atoms with Crippen molar-refractivity contribution in [2.45, 2.75) is 26.4 Å². The molecule has 0 aliphatic heterocycles. The number of halogens is 4. The summed E-state index contributed by atoms with van der Waals surface area (Å²) in [5.74, 6) is 0.359. The Morgan fingerprint density at radius 2 is 1.85 bits per heavy atom. The maximum Gasteiger partial charge on any atom is 0.551 e. The molecule has 0 radical (unpaired) electrons. The highest BCUT2D eigenvalue weighted by molar-refractivity contribution is 7.48. The number of nitrogen functional groups attached to an aromatic ring is 1. The quantitative estimate of drug-likeness (QED) is 0.493. The number of anilines is 1. The van der Waals surface area contributed by atoms with Gasteiger partial charge in [0.05, 0.1) is 16.3 Å². The molecular weight excluding hydrogens is 390 g/mol. The third-order valence-electron chi connectivity index (χ3n) is 3.51. The standard InChI is InChI=1S/C17H17ClF3NO3P/c1-3-10-7-13(22)16(26(23)24-4-2)9-15(10)25-14-6-5-11(8-12(14)18)17(19,20)21/h5-9H,3-4,22H2,1-2H3/q+1. The Hall–Kier alpha value is -1.82. The zero-order valence-corrected chi connectivity index (χ0v) is 15.7. The van der Waals surface area contributed by atoms with Crippen molar-refractivity contribution in [1.82, 2.24) is 0 Å². The summed E-state index contributed by atoms with van der Waals surface area (Å²) < 4.78 is 61.1. The van der Waals surface area contributed by atoms with Gasteiger partial charge in [-0.25, -0.2) is 0 Å². The molecule has 1 atom stereocenters. The third-order valence-corrected chi connectivity index (χ3v) is 5.08. The van der Waals surface area contributed by atoms with Gasteiger partial charge >= 0.3 is 14.2 Å². The Kier molecular flexibility index (Phi) is 6.50. The smallest absolute Gasteiger partial charge is 0.455 e. The summed E-state index contributed by atoms with van der Waals surface area (Å²) in [4.78, 5) is 0. The van der Waals surface area contributed by atoms with Crippen LogP contribution < -0.4 is 15.8 Å². The number of rotatable bonds is 6. The fraction of sp³-hybridized carbons (Fsp3) is 0.294. The van der Waals surface area contributed by atoms with Gasteiger partial charge in [0.25, 0.3) is 5.30 Å². The first kappa shape index (κ1) is 20.5. The van der Waals surface area contributed by atoms with E-state index < -0.39 is 19.8 Å². The molecule has 26 heavy (non-hydrogen) atoms. The molecule has 0 amide bonds. The zero-order chi connectivity index (χ0) is 19.5. The summed E-state index contributed by atoms with van der Waals surface area (Å²) in [7, 11) is -2.17. The van der Waals surface area contributed by atoms with Gasteiger partial charge in [0.1, 0.15) is 18.1 Å². The van der Waals surface area contributed by atoms with E-state index in [9.17, 15) is 17.7 Å². The number of hydrogen-bond acceptors (Lipinski definition) is 4. The maximum absolute atomic E-state index is 12.7. The Morgan fingerprint density at radius 1 is 1.15 bits per heavy atom. The molecule has 0 saturated heterocycles. The first-order valence-electron chi connectivity index (χ1n) is 7.74. The molecule has 0 aliphatic carbocycles. The van der Waals surface area contributed by atoms with E-state index in [1.807, 2.05) is 6.92 Å². The van der Waals surface area contributed by atoms with Crippen molar-refractivity contribution in [3.05, 3.63) is 46.5 Å². The van der Waals surface area contributed by atoms with E-state index in [1.54, 1.807) is 13.0 Å². The molecule has 0 bridgehead atoms. The number of benzene rings is 2. The SMILES string of the molecule is CCO[P+](=O)c1cc(Oc2ccc(C(F)(F)F)cc2Cl)c(CC)cc1N. The first-order chi connectivity index (χ1) is 12.2. The molecule has 1 unspecified atom stereocenters. The molecule has 0 heterocycles. The second-order valence-electron chi connectivity index (χ2n) is 5.29. The average Bonchev–Trinajstić information content (AvgIpc) is 2.56. The number of alkyl halides is 3. The molecule has 0 fully saturated rings. The monoisotopic (exact) mass is 406 g/mol. The van der Waals surface area contributed by atoms with Gasteiger partial charge in [-0.2, -0.15) is 13.2 Å². The van der Waals surface area contributed by atoms with E-state index >= 15 is 0 Å². The minimum atomic E-state index is -4.50. The molecular formula is C17H17ClF3NO3P+. The lowest BCUT2D eigenvalue weighted by Gasteiger charge is -2.14. The second kappa shape index (κ2) is 8.25. The van der Waals surface area contributed by atoms with Crippen molar-refractivity contribution in [2.75, 3.05) is 12.3 Å². The lowest BCUT2D eigenvalue weighted by Crippen LogP contribution is -2.09. The van der Waals surface area contributed by atoms with Crippen molar-refractivity contribution >= 4 is 30.6 Å². The van der Waals surface area contributed by atoms with Gasteiger partial charge in [0, 0.05) is 6.07 Å². The van der Waals surface area contributed by atoms with Crippen molar-refractivity contribution in [2.24, 2.45) is 0 Å². The van der Waals surface area contributed by atoms with Crippen LogP contribution in [0.3, 0.4) is 0 Å². The molecule has 2 N–H and O–H groups in total. The van der Waals surface area contributed by atoms with Crippen LogP contribution in [0.2, 0.25) is 5.02 Å². The van der Waals surface area contributed by atoms with Crippen LogP contribution in [-0.4, -0.2) is 6.61 Å². The Balaban J connectivity index is 2.42. The fourth-order valence-electron chi connectivity index (χ4n) is 2.23.